The molecule has 4 nitrogen and oxygen atoms in total. The number of nitrogens with zero attached hydrogens (tertiary/aromatic N) is 1. The predicted molar refractivity (Wildman–Crippen MR) is 55.6 cm³/mol. The molecular formula is C11H15NO3. The van der Waals surface area contributed by atoms with E-state index in [1.165, 1.54) is 7.11 Å². The summed E-state index contributed by atoms with van der Waals surface area (Å²) in [4.78, 5) is 15.3. The smallest absolute Gasteiger partial charge is 0.337 e. The number of hydrogen-bond donors (Lipinski definition) is 1. The first kappa shape index (κ1) is 11.7. The Kier molecular flexibility index (Phi) is 4.77. The number of methoxy groups -OCH3 is 1. The van der Waals surface area contributed by atoms with Crippen LogP contribution in [-0.4, -0.2) is 29.8 Å². The van der Waals surface area contributed by atoms with Crippen molar-refractivity contribution in [2.24, 2.45) is 0 Å². The third kappa shape index (κ3) is 3.67. The van der Waals surface area contributed by atoms with Gasteiger partial charge in [0.05, 0.1) is 12.7 Å². The van der Waals surface area contributed by atoms with Gasteiger partial charge in [-0.25, -0.2) is 4.79 Å². The van der Waals surface area contributed by atoms with Crippen molar-refractivity contribution in [1.29, 1.82) is 0 Å². The second kappa shape index (κ2) is 6.14. The van der Waals surface area contributed by atoms with Crippen molar-refractivity contribution in [3.63, 3.8) is 0 Å². The molecule has 0 aliphatic rings. The van der Waals surface area contributed by atoms with Crippen molar-refractivity contribution < 1.29 is 14.6 Å². The van der Waals surface area contributed by atoms with Gasteiger partial charge in [0.1, 0.15) is 0 Å². The van der Waals surface area contributed by atoms with E-state index in [4.69, 9.17) is 5.11 Å². The lowest BCUT2D eigenvalue weighted by Gasteiger charge is -2.02. The fourth-order valence-corrected chi connectivity index (χ4v) is 1.28. The second-order valence-electron chi connectivity index (χ2n) is 3.21. The number of pyridine rings is 1. The van der Waals surface area contributed by atoms with Gasteiger partial charge in [0.15, 0.2) is 0 Å². The third-order valence-corrected chi connectivity index (χ3v) is 2.08. The first-order valence-corrected chi connectivity index (χ1v) is 4.92. The maximum atomic E-state index is 11.2. The van der Waals surface area contributed by atoms with Gasteiger partial charge in [-0.3, -0.25) is 4.98 Å². The standard InChI is InChI=1S/C11H15NO3/c1-15-11(14)9-5-6-12-10(8-9)4-2-3-7-13/h5-6,8,13H,2-4,7H2,1H3. The number of aliphatic hydroxyl groups is 1. The van der Waals surface area contributed by atoms with E-state index in [9.17, 15) is 4.79 Å². The van der Waals surface area contributed by atoms with Crippen LogP contribution < -0.4 is 0 Å². The van der Waals surface area contributed by atoms with E-state index >= 15 is 0 Å². The molecule has 1 rings (SSSR count). The van der Waals surface area contributed by atoms with Gasteiger partial charge in [0.2, 0.25) is 0 Å². The quantitative estimate of drug-likeness (QED) is 0.584. The first-order valence-electron chi connectivity index (χ1n) is 4.92. The molecule has 0 aliphatic carbocycles. The average molecular weight is 209 g/mol. The lowest BCUT2D eigenvalue weighted by molar-refractivity contribution is 0.0600. The monoisotopic (exact) mass is 209 g/mol. The minimum atomic E-state index is -0.346. The summed E-state index contributed by atoms with van der Waals surface area (Å²) in [6, 6.07) is 3.35. The molecule has 1 N–H and O–H groups in total. The second-order valence-corrected chi connectivity index (χ2v) is 3.21. The van der Waals surface area contributed by atoms with Crippen LogP contribution in [0.15, 0.2) is 18.3 Å². The van der Waals surface area contributed by atoms with Crippen LogP contribution >= 0.6 is 0 Å². The van der Waals surface area contributed by atoms with Crippen LogP contribution in [0.1, 0.15) is 28.9 Å². The van der Waals surface area contributed by atoms with Crippen molar-refractivity contribution in [3.05, 3.63) is 29.6 Å². The van der Waals surface area contributed by atoms with Crippen LogP contribution in [0.2, 0.25) is 0 Å². The van der Waals surface area contributed by atoms with Crippen LogP contribution in [0.5, 0.6) is 0 Å². The van der Waals surface area contributed by atoms with E-state index in [1.807, 2.05) is 0 Å². The van der Waals surface area contributed by atoms with Gasteiger partial charge in [-0.05, 0) is 31.4 Å². The predicted octanol–water partition coefficient (Wildman–Crippen LogP) is 1.18. The maximum absolute atomic E-state index is 11.2. The highest BCUT2D eigenvalue weighted by molar-refractivity contribution is 5.89. The Balaban J connectivity index is 2.62. The van der Waals surface area contributed by atoms with Crippen molar-refractivity contribution in [2.75, 3.05) is 13.7 Å². The normalized spacial score (nSPS) is 10.0. The molecule has 4 heteroatoms. The fourth-order valence-electron chi connectivity index (χ4n) is 1.28. The Hall–Kier alpha value is -1.42. The van der Waals surface area contributed by atoms with Gasteiger partial charge in [0.25, 0.3) is 0 Å². The molecule has 0 amide bonds. The van der Waals surface area contributed by atoms with Crippen molar-refractivity contribution in [1.82, 2.24) is 4.98 Å². The zero-order valence-electron chi connectivity index (χ0n) is 8.77. The molecule has 0 atom stereocenters. The van der Waals surface area contributed by atoms with E-state index in [0.29, 0.717) is 5.56 Å². The third-order valence-electron chi connectivity index (χ3n) is 2.08. The Labute approximate surface area is 88.9 Å². The number of carbonyl (C=O) groups excluding carboxylic acids is 1. The molecule has 82 valence electrons. The van der Waals surface area contributed by atoms with Gasteiger partial charge >= 0.3 is 5.97 Å². The van der Waals surface area contributed by atoms with Crippen molar-refractivity contribution in [3.8, 4) is 0 Å². The van der Waals surface area contributed by atoms with E-state index in [1.54, 1.807) is 18.3 Å². The van der Waals surface area contributed by atoms with Crippen molar-refractivity contribution in [2.45, 2.75) is 19.3 Å². The minimum Gasteiger partial charge on any atom is -0.465 e. The number of carbonyl (C=O) groups is 1. The Morgan fingerprint density at radius 3 is 3.00 bits per heavy atom. The van der Waals surface area contributed by atoms with Gasteiger partial charge in [0, 0.05) is 18.5 Å². The molecule has 1 heterocycles. The van der Waals surface area contributed by atoms with Gasteiger partial charge in [-0.2, -0.15) is 0 Å². The van der Waals surface area contributed by atoms with Crippen molar-refractivity contribution >= 4 is 5.97 Å². The van der Waals surface area contributed by atoms with Gasteiger partial charge in [-0.1, -0.05) is 0 Å². The molecule has 0 aromatic carbocycles. The summed E-state index contributed by atoms with van der Waals surface area (Å²) >= 11 is 0. The maximum Gasteiger partial charge on any atom is 0.337 e. The van der Waals surface area contributed by atoms with E-state index in [0.717, 1.165) is 25.0 Å². The lowest BCUT2D eigenvalue weighted by atomic mass is 10.1. The van der Waals surface area contributed by atoms with Crippen LogP contribution in [0.4, 0.5) is 0 Å². The molecule has 0 unspecified atom stereocenters. The average Bonchev–Trinajstić information content (AvgIpc) is 2.29. The number of unbranched alkanes of at least 4 members (excludes halogenated alkanes) is 1. The van der Waals surface area contributed by atoms with E-state index in [2.05, 4.69) is 9.72 Å². The summed E-state index contributed by atoms with van der Waals surface area (Å²) in [7, 11) is 1.36. The van der Waals surface area contributed by atoms with Crippen LogP contribution in [0.3, 0.4) is 0 Å². The highest BCUT2D eigenvalue weighted by Gasteiger charge is 2.05. The number of hydrogen-bond acceptors (Lipinski definition) is 4. The number of ether oxygens (including phenoxy) is 1. The highest BCUT2D eigenvalue weighted by atomic mass is 16.5. The molecule has 15 heavy (non-hydrogen) atoms. The Morgan fingerprint density at radius 2 is 2.33 bits per heavy atom. The molecule has 0 fully saturated rings. The summed E-state index contributed by atoms with van der Waals surface area (Å²) in [5.74, 6) is -0.346. The summed E-state index contributed by atoms with van der Waals surface area (Å²) < 4.78 is 4.61. The largest absolute Gasteiger partial charge is 0.465 e. The van der Waals surface area contributed by atoms with Gasteiger partial charge in [-0.15, -0.1) is 0 Å². The Bertz CT molecular complexity index is 325. The van der Waals surface area contributed by atoms with Crippen LogP contribution in [-0.2, 0) is 11.2 Å². The number of aryl methyl sites for hydroxylation is 1. The number of aliphatic hydroxyl groups excluding tert-OH is 1. The summed E-state index contributed by atoms with van der Waals surface area (Å²) in [5.41, 5.74) is 1.37. The molecule has 0 spiro atoms. The van der Waals surface area contributed by atoms with E-state index in [-0.39, 0.29) is 12.6 Å². The molecule has 0 saturated heterocycles. The molecule has 0 bridgehead atoms. The fraction of sp³-hybridized carbons (Fsp3) is 0.455. The number of rotatable bonds is 5. The lowest BCUT2D eigenvalue weighted by Crippen LogP contribution is -2.03. The minimum absolute atomic E-state index is 0.191. The molecule has 0 saturated carbocycles. The highest BCUT2D eigenvalue weighted by Crippen LogP contribution is 2.06. The molecular weight excluding hydrogens is 194 g/mol. The number of aromatic nitrogens is 1. The zero-order valence-corrected chi connectivity index (χ0v) is 8.77. The molecule has 0 radical (unpaired) electrons. The van der Waals surface area contributed by atoms with Crippen LogP contribution in [0.25, 0.3) is 0 Å². The summed E-state index contributed by atoms with van der Waals surface area (Å²) in [5, 5.41) is 8.63. The molecule has 1 aromatic rings. The number of esters is 1. The topological polar surface area (TPSA) is 59.4 Å². The SMILES string of the molecule is COC(=O)c1ccnc(CCCCO)c1. The van der Waals surface area contributed by atoms with Gasteiger partial charge < -0.3 is 9.84 Å². The van der Waals surface area contributed by atoms with E-state index < -0.39 is 0 Å². The molecule has 0 aliphatic heterocycles. The van der Waals surface area contributed by atoms with Crippen LogP contribution in [0, 0.1) is 0 Å². The first-order chi connectivity index (χ1) is 7.27. The summed E-state index contributed by atoms with van der Waals surface area (Å²) in [6.07, 6.45) is 3.99. The summed E-state index contributed by atoms with van der Waals surface area (Å²) in [6.45, 7) is 0.191. The zero-order chi connectivity index (χ0) is 11.1. The Morgan fingerprint density at radius 1 is 1.53 bits per heavy atom. The molecule has 1 aromatic heterocycles.